The molecule has 24 heavy (non-hydrogen) atoms. The summed E-state index contributed by atoms with van der Waals surface area (Å²) in [5.41, 5.74) is 1.41. The van der Waals surface area contributed by atoms with Crippen molar-refractivity contribution < 1.29 is 13.2 Å². The van der Waals surface area contributed by atoms with Gasteiger partial charge in [-0.1, -0.05) is 18.2 Å². The van der Waals surface area contributed by atoms with E-state index in [2.05, 4.69) is 9.97 Å². The average molecular weight is 360 g/mol. The van der Waals surface area contributed by atoms with Gasteiger partial charge in [-0.3, -0.25) is 4.98 Å². The Labute approximate surface area is 144 Å². The van der Waals surface area contributed by atoms with Gasteiger partial charge in [0.25, 0.3) is 0 Å². The zero-order valence-electron chi connectivity index (χ0n) is 13.2. The largest absolute Gasteiger partial charge is 0.468 e. The number of hydrogen-bond donors (Lipinski definition) is 0. The van der Waals surface area contributed by atoms with Gasteiger partial charge < -0.3 is 4.74 Å². The van der Waals surface area contributed by atoms with Crippen molar-refractivity contribution >= 4 is 21.2 Å². The van der Waals surface area contributed by atoms with E-state index in [1.165, 1.54) is 6.26 Å². The molecule has 0 aliphatic rings. The summed E-state index contributed by atoms with van der Waals surface area (Å²) in [4.78, 5) is 10.0. The maximum Gasteiger partial charge on any atom is 0.233 e. The molecule has 0 saturated heterocycles. The van der Waals surface area contributed by atoms with Crippen LogP contribution in [0.15, 0.2) is 59.1 Å². The van der Waals surface area contributed by atoms with E-state index in [1.54, 1.807) is 48.0 Å². The molecule has 2 aromatic heterocycles. The lowest BCUT2D eigenvalue weighted by Crippen LogP contribution is -2.03. The maximum absolute atomic E-state index is 11.5. The van der Waals surface area contributed by atoms with Crippen molar-refractivity contribution in [1.29, 1.82) is 0 Å². The first kappa shape index (κ1) is 16.6. The van der Waals surface area contributed by atoms with Crippen LogP contribution in [-0.2, 0) is 9.84 Å². The molecule has 0 N–H and O–H groups in total. The Morgan fingerprint density at radius 2 is 1.88 bits per heavy atom. The second kappa shape index (κ2) is 6.70. The Bertz CT molecular complexity index is 921. The van der Waals surface area contributed by atoms with Crippen LogP contribution in [-0.4, -0.2) is 24.6 Å². The van der Waals surface area contributed by atoms with E-state index in [0.717, 1.165) is 10.4 Å². The SMILES string of the molecule is C[C@@H](Oc1cncc(-c2ccc(S(C)(=O)=O)cc2)n1)c1cccs1. The van der Waals surface area contributed by atoms with Crippen molar-refractivity contribution in [2.45, 2.75) is 17.9 Å². The summed E-state index contributed by atoms with van der Waals surface area (Å²) in [5.74, 6) is 0.431. The van der Waals surface area contributed by atoms with Crippen LogP contribution >= 0.6 is 11.3 Å². The van der Waals surface area contributed by atoms with E-state index in [1.807, 2.05) is 24.4 Å². The normalized spacial score (nSPS) is 12.8. The summed E-state index contributed by atoms with van der Waals surface area (Å²) in [6.07, 6.45) is 4.26. The lowest BCUT2D eigenvalue weighted by Gasteiger charge is -2.12. The van der Waals surface area contributed by atoms with Crippen LogP contribution in [0.4, 0.5) is 0 Å². The molecule has 1 atom stereocenters. The van der Waals surface area contributed by atoms with E-state index in [9.17, 15) is 8.42 Å². The quantitative estimate of drug-likeness (QED) is 0.693. The molecule has 0 saturated carbocycles. The van der Waals surface area contributed by atoms with Crippen molar-refractivity contribution in [3.63, 3.8) is 0 Å². The Balaban J connectivity index is 1.82. The van der Waals surface area contributed by atoms with Gasteiger partial charge in [-0.25, -0.2) is 13.4 Å². The number of benzene rings is 1. The Kier molecular flexibility index (Phi) is 4.64. The van der Waals surface area contributed by atoms with Gasteiger partial charge >= 0.3 is 0 Å². The van der Waals surface area contributed by atoms with Gasteiger partial charge in [-0.05, 0) is 30.5 Å². The summed E-state index contributed by atoms with van der Waals surface area (Å²) in [6, 6.07) is 10.5. The molecule has 1 aromatic carbocycles. The standard InChI is InChI=1S/C17H16N2O3S2/c1-12(16-4-3-9-23-16)22-17-11-18-10-15(19-17)13-5-7-14(8-6-13)24(2,20)21/h3-12H,1-2H3/t12-/m1/s1. The topological polar surface area (TPSA) is 69.2 Å². The van der Waals surface area contributed by atoms with Gasteiger partial charge in [-0.2, -0.15) is 0 Å². The monoisotopic (exact) mass is 360 g/mol. The number of hydrogen-bond acceptors (Lipinski definition) is 6. The van der Waals surface area contributed by atoms with Gasteiger partial charge in [0.05, 0.1) is 23.0 Å². The summed E-state index contributed by atoms with van der Waals surface area (Å²) in [7, 11) is -3.21. The molecular weight excluding hydrogens is 344 g/mol. The third-order valence-electron chi connectivity index (χ3n) is 3.43. The summed E-state index contributed by atoms with van der Waals surface area (Å²) in [5, 5.41) is 2.00. The van der Waals surface area contributed by atoms with Gasteiger partial charge in [0.1, 0.15) is 6.10 Å². The number of sulfone groups is 1. The zero-order valence-corrected chi connectivity index (χ0v) is 14.8. The third-order valence-corrected chi connectivity index (χ3v) is 5.59. The minimum atomic E-state index is -3.21. The first-order valence-corrected chi connectivity index (χ1v) is 10.0. The van der Waals surface area contributed by atoms with Crippen LogP contribution in [0.1, 0.15) is 17.9 Å². The van der Waals surface area contributed by atoms with Crippen molar-refractivity contribution in [1.82, 2.24) is 9.97 Å². The Morgan fingerprint density at radius 1 is 1.12 bits per heavy atom. The molecule has 124 valence electrons. The summed E-state index contributed by atoms with van der Waals surface area (Å²) in [6.45, 7) is 1.96. The average Bonchev–Trinajstić information content (AvgIpc) is 3.09. The smallest absolute Gasteiger partial charge is 0.233 e. The first-order valence-electron chi connectivity index (χ1n) is 7.26. The van der Waals surface area contributed by atoms with Crippen LogP contribution < -0.4 is 4.74 Å². The number of nitrogens with zero attached hydrogens (tertiary/aromatic N) is 2. The van der Waals surface area contributed by atoms with Crippen LogP contribution in [0.25, 0.3) is 11.3 Å². The highest BCUT2D eigenvalue weighted by atomic mass is 32.2. The lowest BCUT2D eigenvalue weighted by atomic mass is 10.2. The molecule has 0 amide bonds. The number of thiophene rings is 1. The fourth-order valence-corrected chi connectivity index (χ4v) is 3.52. The number of ether oxygens (including phenoxy) is 1. The molecule has 2 heterocycles. The lowest BCUT2D eigenvalue weighted by molar-refractivity contribution is 0.220. The second-order valence-electron chi connectivity index (χ2n) is 5.31. The molecule has 3 aromatic rings. The molecule has 0 aliphatic heterocycles. The van der Waals surface area contributed by atoms with Crippen molar-refractivity contribution in [2.24, 2.45) is 0 Å². The van der Waals surface area contributed by atoms with Gasteiger partial charge in [0, 0.05) is 16.7 Å². The molecule has 0 aliphatic carbocycles. The van der Waals surface area contributed by atoms with E-state index in [-0.39, 0.29) is 11.0 Å². The summed E-state index contributed by atoms with van der Waals surface area (Å²) < 4.78 is 28.9. The molecule has 0 spiro atoms. The molecule has 0 radical (unpaired) electrons. The highest BCUT2D eigenvalue weighted by molar-refractivity contribution is 7.90. The van der Waals surface area contributed by atoms with Gasteiger partial charge in [0.2, 0.25) is 5.88 Å². The highest BCUT2D eigenvalue weighted by Gasteiger charge is 2.11. The van der Waals surface area contributed by atoms with Gasteiger partial charge in [0.15, 0.2) is 9.84 Å². The predicted molar refractivity (Wildman–Crippen MR) is 93.9 cm³/mol. The molecule has 5 nitrogen and oxygen atoms in total. The molecule has 7 heteroatoms. The van der Waals surface area contributed by atoms with E-state index >= 15 is 0 Å². The van der Waals surface area contributed by atoms with Gasteiger partial charge in [-0.15, -0.1) is 11.3 Å². The Hall–Kier alpha value is -2.25. The van der Waals surface area contributed by atoms with Crippen LogP contribution in [0.2, 0.25) is 0 Å². The van der Waals surface area contributed by atoms with E-state index in [0.29, 0.717) is 11.6 Å². The zero-order chi connectivity index (χ0) is 17.2. The highest BCUT2D eigenvalue weighted by Crippen LogP contribution is 2.25. The molecule has 0 bridgehead atoms. The maximum atomic E-state index is 11.5. The molecule has 0 fully saturated rings. The van der Waals surface area contributed by atoms with Crippen LogP contribution in [0.5, 0.6) is 5.88 Å². The van der Waals surface area contributed by atoms with Crippen LogP contribution in [0.3, 0.4) is 0 Å². The summed E-state index contributed by atoms with van der Waals surface area (Å²) >= 11 is 1.62. The Morgan fingerprint density at radius 3 is 2.50 bits per heavy atom. The molecule has 0 unspecified atom stereocenters. The van der Waals surface area contributed by atoms with Crippen molar-refractivity contribution in [2.75, 3.05) is 6.26 Å². The third kappa shape index (κ3) is 3.80. The van der Waals surface area contributed by atoms with Crippen molar-refractivity contribution in [3.8, 4) is 17.1 Å². The molecular formula is C17H16N2O3S2. The predicted octanol–water partition coefficient (Wildman–Crippen LogP) is 3.75. The van der Waals surface area contributed by atoms with Crippen LogP contribution in [0, 0.1) is 0 Å². The van der Waals surface area contributed by atoms with E-state index in [4.69, 9.17) is 4.74 Å². The molecule has 3 rings (SSSR count). The fraction of sp³-hybridized carbons (Fsp3) is 0.176. The van der Waals surface area contributed by atoms with E-state index < -0.39 is 9.84 Å². The number of rotatable bonds is 5. The fourth-order valence-electron chi connectivity index (χ4n) is 2.18. The minimum Gasteiger partial charge on any atom is -0.468 e. The first-order chi connectivity index (χ1) is 11.4. The van der Waals surface area contributed by atoms with Crippen molar-refractivity contribution in [3.05, 3.63) is 59.0 Å². The number of aromatic nitrogens is 2. The second-order valence-corrected chi connectivity index (χ2v) is 8.31. The minimum absolute atomic E-state index is 0.109.